The highest BCUT2D eigenvalue weighted by atomic mass is 16.5. The minimum atomic E-state index is -1.07. The lowest BCUT2D eigenvalue weighted by Gasteiger charge is -2.42. The van der Waals surface area contributed by atoms with E-state index in [4.69, 9.17) is 18.9 Å². The van der Waals surface area contributed by atoms with Crippen LogP contribution in [0.5, 0.6) is 0 Å². The summed E-state index contributed by atoms with van der Waals surface area (Å²) in [7, 11) is 5.74. The van der Waals surface area contributed by atoms with E-state index in [-0.39, 0.29) is 23.9 Å². The van der Waals surface area contributed by atoms with E-state index >= 15 is 0 Å². The number of fused-ring (bicyclic) bond motifs is 10. The van der Waals surface area contributed by atoms with Crippen molar-refractivity contribution in [1.29, 1.82) is 0 Å². The summed E-state index contributed by atoms with van der Waals surface area (Å²) in [5.74, 6) is -2.56. The maximum Gasteiger partial charge on any atom is 0.554 e. The molecule has 402 valence electrons. The Hall–Kier alpha value is -8.64. The molecule has 0 amide bonds. The Morgan fingerprint density at radius 2 is 0.642 bits per heavy atom. The van der Waals surface area contributed by atoms with E-state index in [0.29, 0.717) is 22.3 Å². The average molecular weight is 1070 g/mol. The van der Waals surface area contributed by atoms with Crippen molar-refractivity contribution in [2.45, 2.75) is 109 Å². The van der Waals surface area contributed by atoms with Gasteiger partial charge in [-0.25, -0.2) is 19.2 Å². The van der Waals surface area contributed by atoms with Crippen molar-refractivity contribution in [3.63, 3.8) is 0 Å². The third kappa shape index (κ3) is 6.20. The van der Waals surface area contributed by atoms with Gasteiger partial charge in [0.1, 0.15) is 0 Å². The molecule has 8 heterocycles. The van der Waals surface area contributed by atoms with Crippen molar-refractivity contribution in [3.8, 4) is 0 Å². The summed E-state index contributed by atoms with van der Waals surface area (Å²) < 4.78 is 32.4. The number of allylic oxidation sites excluding steroid dienone is 4. The first-order valence-electron chi connectivity index (χ1n) is 29.1. The van der Waals surface area contributed by atoms with E-state index in [2.05, 4.69) is 66.8 Å². The van der Waals surface area contributed by atoms with Crippen molar-refractivity contribution in [2.24, 2.45) is 0 Å². The van der Waals surface area contributed by atoms with Crippen molar-refractivity contribution in [2.75, 3.05) is 28.4 Å². The Kier molecular flexibility index (Phi) is 10.5. The number of methoxy groups -OCH3 is 4. The van der Waals surface area contributed by atoms with Gasteiger partial charge < -0.3 is 18.9 Å². The second kappa shape index (κ2) is 17.7. The number of hydrogen-bond donors (Lipinski definition) is 0. The predicted molar refractivity (Wildman–Crippen MR) is 304 cm³/mol. The fraction of sp³-hybridized carbons (Fsp3) is 0.304. The summed E-state index contributed by atoms with van der Waals surface area (Å²) in [5, 5.41) is 2.45. The molecular weight excluding hydrogens is 1010 g/mol. The van der Waals surface area contributed by atoms with Gasteiger partial charge in [0.2, 0.25) is 22.8 Å². The predicted octanol–water partition coefficient (Wildman–Crippen LogP) is 9.96. The summed E-state index contributed by atoms with van der Waals surface area (Å²) in [4.78, 5) is 53.1. The number of carbonyl (C=O) groups is 4. The fourth-order valence-electron chi connectivity index (χ4n) is 16.2. The Morgan fingerprint density at radius 1 is 0.358 bits per heavy atom. The summed E-state index contributed by atoms with van der Waals surface area (Å²) >= 11 is 0. The molecule has 0 radical (unpaired) electrons. The Bertz CT molecular complexity index is 4030. The van der Waals surface area contributed by atoms with Gasteiger partial charge in [0.25, 0.3) is 0 Å². The molecule has 12 nitrogen and oxygen atoms in total. The van der Waals surface area contributed by atoms with Crippen LogP contribution in [0.2, 0.25) is 0 Å². The standard InChI is InChI=1S/C69H60N4O8/c1-78-65(74)41-29-21-37(22-30-41)53-57-45-13-5-7-15-47(45)59-54(38-23-31-42(32-24-38)66(75)79-2)61-49-17-9-11-19-51(49)63-56(40-27-35-44(36-28-40)68(77)81-4)64-52-20-12-10-18-50(52)62-55(39-25-33-43(34-26-39)67(76)80-3)60-48-16-8-6-14-46(48)58(53)71(60)69(70(57)59,72(61)63)73(62)64/h21-36H,5-20H2,1-4H3/q+2. The second-order valence-corrected chi connectivity index (χ2v) is 23.2. The lowest BCUT2D eigenvalue weighted by atomic mass is 9.82. The zero-order chi connectivity index (χ0) is 54.7. The van der Waals surface area contributed by atoms with Gasteiger partial charge in [0.15, 0.2) is 0 Å². The Labute approximate surface area is 468 Å². The third-order valence-electron chi connectivity index (χ3n) is 19.4. The van der Waals surface area contributed by atoms with E-state index in [1.807, 2.05) is 48.5 Å². The van der Waals surface area contributed by atoms with E-state index in [1.165, 1.54) is 140 Å². The van der Waals surface area contributed by atoms with Gasteiger partial charge >= 0.3 is 29.8 Å². The zero-order valence-electron chi connectivity index (χ0n) is 46.1. The Morgan fingerprint density at radius 3 is 0.963 bits per heavy atom. The Balaban J connectivity index is 1.18. The van der Waals surface area contributed by atoms with E-state index in [9.17, 15) is 19.2 Å². The third-order valence-corrected chi connectivity index (χ3v) is 19.4. The van der Waals surface area contributed by atoms with Crippen LogP contribution in [0, 0.1) is 0 Å². The van der Waals surface area contributed by atoms with E-state index < -0.39 is 5.91 Å². The monoisotopic (exact) mass is 1070 g/mol. The highest BCUT2D eigenvalue weighted by Gasteiger charge is 2.77. The quantitative estimate of drug-likeness (QED) is 0.0840. The number of nitrogens with zero attached hydrogens (tertiary/aromatic N) is 4. The molecule has 81 heavy (non-hydrogen) atoms. The molecule has 0 N–H and O–H groups in total. The minimum absolute atomic E-state index is 0.374. The number of ether oxygens (including phenoxy) is 4. The lowest BCUT2D eigenvalue weighted by Crippen LogP contribution is -2.72. The summed E-state index contributed by atoms with van der Waals surface area (Å²) in [6.45, 7) is 0. The molecule has 10 aliphatic rings. The van der Waals surface area contributed by atoms with Crippen LogP contribution >= 0.6 is 0 Å². The van der Waals surface area contributed by atoms with E-state index in [0.717, 1.165) is 125 Å². The van der Waals surface area contributed by atoms with Crippen LogP contribution in [0.3, 0.4) is 0 Å². The second-order valence-electron chi connectivity index (χ2n) is 23.2. The SMILES string of the molecule is COC(=O)c1ccc(C2=C3C4=C(CCCC4)C4=[N+]3C35n6c2c2c(c6C(c6ccc(C(=O)OC)cc6)=C6C7=C(CCCC7)C(=[N+]63)C(c3ccc(C(=O)OC)cc3)=c3c6c(c(n35)=C4c3ccc(C(=O)OC)cc3)CCCC6)CCCC2)cc1. The molecule has 0 unspecified atom stereocenters. The van der Waals surface area contributed by atoms with Crippen LogP contribution in [-0.4, -0.2) is 82.0 Å². The number of carbonyl (C=O) groups excluding carboxylic acids is 4. The first-order chi connectivity index (χ1) is 39.7. The van der Waals surface area contributed by atoms with Gasteiger partial charge in [-0.15, -0.1) is 0 Å². The molecule has 4 aromatic carbocycles. The first kappa shape index (κ1) is 48.3. The van der Waals surface area contributed by atoms with Gasteiger partial charge in [0.05, 0.1) is 95.1 Å². The molecule has 2 aromatic heterocycles. The maximum absolute atomic E-state index is 13.3. The van der Waals surface area contributed by atoms with Gasteiger partial charge in [-0.2, -0.15) is 9.13 Å². The topological polar surface area (TPSA) is 121 Å². The zero-order valence-corrected chi connectivity index (χ0v) is 46.1. The molecule has 0 atom stereocenters. The van der Waals surface area contributed by atoms with Gasteiger partial charge in [-0.05, 0) is 196 Å². The molecule has 0 fully saturated rings. The van der Waals surface area contributed by atoms with E-state index in [1.54, 1.807) is 0 Å². The molecule has 1 spiro atoms. The van der Waals surface area contributed by atoms with Crippen LogP contribution in [0.15, 0.2) is 131 Å². The lowest BCUT2D eigenvalue weighted by molar-refractivity contribution is -0.835. The number of benzene rings is 4. The smallest absolute Gasteiger partial charge is 0.465 e. The van der Waals surface area contributed by atoms with Crippen molar-refractivity contribution < 1.29 is 47.3 Å². The maximum atomic E-state index is 13.3. The fourth-order valence-corrected chi connectivity index (χ4v) is 16.2. The average Bonchev–Trinajstić information content (AvgIpc) is 3.33. The van der Waals surface area contributed by atoms with Gasteiger partial charge in [-0.3, -0.25) is 0 Å². The van der Waals surface area contributed by atoms with Crippen LogP contribution in [-0.2, 0) is 50.5 Å². The van der Waals surface area contributed by atoms with Crippen LogP contribution in [0.25, 0.3) is 22.3 Å². The molecule has 6 aromatic rings. The van der Waals surface area contributed by atoms with Crippen LogP contribution in [0.4, 0.5) is 0 Å². The van der Waals surface area contributed by atoms with Crippen molar-refractivity contribution in [1.82, 2.24) is 9.13 Å². The number of hydrogen-bond acceptors (Lipinski definition) is 8. The van der Waals surface area contributed by atoms with Crippen LogP contribution in [0.1, 0.15) is 174 Å². The van der Waals surface area contributed by atoms with Crippen molar-refractivity contribution in [3.05, 3.63) is 220 Å². The summed E-state index contributed by atoms with van der Waals surface area (Å²) in [6, 6.07) is 32.6. The molecule has 4 aliphatic carbocycles. The van der Waals surface area contributed by atoms with Gasteiger partial charge in [0, 0.05) is 22.3 Å². The minimum Gasteiger partial charge on any atom is -0.465 e. The molecule has 12 heteroatoms. The van der Waals surface area contributed by atoms with Crippen molar-refractivity contribution >= 4 is 57.6 Å². The molecule has 16 rings (SSSR count). The molecule has 0 saturated heterocycles. The number of aromatic nitrogens is 2. The van der Waals surface area contributed by atoms with Crippen LogP contribution < -0.4 is 10.7 Å². The molecule has 6 aliphatic heterocycles. The number of rotatable bonds is 8. The number of esters is 4. The van der Waals surface area contributed by atoms with Gasteiger partial charge in [-0.1, -0.05) is 57.7 Å². The molecular formula is C69H60N4O8+2. The normalized spacial score (nSPS) is 19.3. The largest absolute Gasteiger partial charge is 0.554 e. The summed E-state index contributed by atoms with van der Waals surface area (Å²) in [5.41, 5.74) is 29.2. The first-order valence-corrected chi connectivity index (χ1v) is 29.1. The highest BCUT2D eigenvalue weighted by Crippen LogP contribution is 2.61. The molecule has 0 saturated carbocycles. The molecule has 0 bridgehead atoms. The summed E-state index contributed by atoms with van der Waals surface area (Å²) in [6.07, 6.45) is 15.7. The highest BCUT2D eigenvalue weighted by molar-refractivity contribution is 6.33.